The van der Waals surface area contributed by atoms with Crippen LogP contribution in [-0.2, 0) is 4.79 Å². The van der Waals surface area contributed by atoms with Crippen LogP contribution in [0.15, 0.2) is 0 Å². The summed E-state index contributed by atoms with van der Waals surface area (Å²) in [6, 6.07) is -0.683. The number of carbonyl (C=O) groups is 1. The largest absolute Gasteiger partial charge is 0.480 e. The SMILES string of the molecule is C[36S]CC[C@H](N)C(=O)O. The molecule has 4 heteroatoms. The van der Waals surface area contributed by atoms with Gasteiger partial charge >= 0.3 is 5.97 Å². The second kappa shape index (κ2) is 4.64. The molecule has 0 aliphatic heterocycles. The monoisotopic (exact) mass is 153 g/mol. The Morgan fingerprint density at radius 1 is 1.89 bits per heavy atom. The van der Waals surface area contributed by atoms with Gasteiger partial charge in [-0.2, -0.15) is 11.8 Å². The van der Waals surface area contributed by atoms with E-state index in [1.54, 1.807) is 11.8 Å². The van der Waals surface area contributed by atoms with E-state index in [1.807, 2.05) is 6.26 Å². The molecule has 0 heterocycles. The van der Waals surface area contributed by atoms with Crippen molar-refractivity contribution in [3.8, 4) is 0 Å². The van der Waals surface area contributed by atoms with Crippen molar-refractivity contribution in [1.29, 1.82) is 0 Å². The number of carboxylic acids is 1. The van der Waals surface area contributed by atoms with Gasteiger partial charge < -0.3 is 10.8 Å². The highest BCUT2D eigenvalue weighted by Crippen LogP contribution is 1.97. The number of thioether (sulfide) groups is 1. The average Bonchev–Trinajstić information content (AvgIpc) is 1.82. The van der Waals surface area contributed by atoms with Crippen molar-refractivity contribution >= 4 is 17.7 Å². The van der Waals surface area contributed by atoms with Crippen LogP contribution in [0.1, 0.15) is 6.42 Å². The lowest BCUT2D eigenvalue weighted by molar-refractivity contribution is -0.138. The third-order valence-electron chi connectivity index (χ3n) is 0.950. The molecule has 0 aromatic carbocycles. The third kappa shape index (κ3) is 4.29. The maximum atomic E-state index is 10.1. The van der Waals surface area contributed by atoms with Crippen molar-refractivity contribution in [2.45, 2.75) is 12.5 Å². The fraction of sp³-hybridized carbons (Fsp3) is 0.800. The number of hydrogen-bond acceptors (Lipinski definition) is 3. The van der Waals surface area contributed by atoms with Crippen molar-refractivity contribution in [3.63, 3.8) is 0 Å². The molecule has 3 N–H and O–H groups in total. The van der Waals surface area contributed by atoms with Crippen molar-refractivity contribution in [2.75, 3.05) is 12.0 Å². The molecule has 9 heavy (non-hydrogen) atoms. The zero-order chi connectivity index (χ0) is 7.28. The van der Waals surface area contributed by atoms with Crippen molar-refractivity contribution < 1.29 is 9.90 Å². The van der Waals surface area contributed by atoms with E-state index >= 15 is 0 Å². The summed E-state index contributed by atoms with van der Waals surface area (Å²) in [4.78, 5) is 10.1. The van der Waals surface area contributed by atoms with E-state index < -0.39 is 12.0 Å². The van der Waals surface area contributed by atoms with E-state index in [0.717, 1.165) is 5.75 Å². The lowest BCUT2D eigenvalue weighted by Crippen LogP contribution is -2.30. The Bertz CT molecular complexity index is 97.0. The van der Waals surface area contributed by atoms with E-state index in [1.165, 1.54) is 0 Å². The molecule has 0 aromatic heterocycles. The summed E-state index contributed by atoms with van der Waals surface area (Å²) < 4.78 is 0. The van der Waals surface area contributed by atoms with E-state index in [0.29, 0.717) is 6.42 Å². The highest BCUT2D eigenvalue weighted by atomic mass is 36.1. The Kier molecular flexibility index (Phi) is 4.53. The summed E-state index contributed by atoms with van der Waals surface area (Å²) >= 11 is 1.60. The molecular formula is C5H11NO2S. The van der Waals surface area contributed by atoms with Gasteiger partial charge in [-0.25, -0.2) is 0 Å². The maximum Gasteiger partial charge on any atom is 0.320 e. The van der Waals surface area contributed by atoms with Crippen LogP contribution in [0.4, 0.5) is 0 Å². The van der Waals surface area contributed by atoms with Crippen LogP contribution in [-0.4, -0.2) is 29.1 Å². The van der Waals surface area contributed by atoms with Gasteiger partial charge in [0, 0.05) is 0 Å². The van der Waals surface area contributed by atoms with Gasteiger partial charge in [0.05, 0.1) is 0 Å². The quantitative estimate of drug-likeness (QED) is 0.603. The summed E-state index contributed by atoms with van der Waals surface area (Å²) in [5.41, 5.74) is 5.19. The molecule has 0 bridgehead atoms. The molecule has 0 spiro atoms. The molecule has 0 fully saturated rings. The van der Waals surface area contributed by atoms with E-state index in [4.69, 9.17) is 10.8 Å². The molecule has 0 unspecified atom stereocenters. The zero-order valence-corrected chi connectivity index (χ0v) is 6.15. The fourth-order valence-electron chi connectivity index (χ4n) is 0.368. The van der Waals surface area contributed by atoms with Gasteiger partial charge in [-0.05, 0) is 18.4 Å². The molecule has 0 saturated carbocycles. The first kappa shape index (κ1) is 8.78. The van der Waals surface area contributed by atoms with Crippen LogP contribution < -0.4 is 5.73 Å². The summed E-state index contributed by atoms with van der Waals surface area (Å²) in [6.45, 7) is 0. The van der Waals surface area contributed by atoms with Gasteiger partial charge in [-0.15, -0.1) is 0 Å². The molecule has 0 aliphatic carbocycles. The minimum absolute atomic E-state index is 0.552. The molecule has 0 rings (SSSR count). The molecular weight excluding hydrogens is 142 g/mol. The molecule has 0 saturated heterocycles. The third-order valence-corrected chi connectivity index (χ3v) is 1.59. The average molecular weight is 153 g/mol. The van der Waals surface area contributed by atoms with Gasteiger partial charge in [0.1, 0.15) is 6.04 Å². The summed E-state index contributed by atoms with van der Waals surface area (Å²) in [7, 11) is 0. The number of nitrogens with two attached hydrogens (primary N) is 1. The Morgan fingerprint density at radius 2 is 2.44 bits per heavy atom. The lowest BCUT2D eigenvalue weighted by atomic mass is 10.2. The van der Waals surface area contributed by atoms with Gasteiger partial charge in [0.15, 0.2) is 0 Å². The molecule has 3 nitrogen and oxygen atoms in total. The smallest absolute Gasteiger partial charge is 0.320 e. The fourth-order valence-corrected chi connectivity index (χ4v) is 0.858. The van der Waals surface area contributed by atoms with Gasteiger partial charge in [0.2, 0.25) is 0 Å². The summed E-state index contributed by atoms with van der Waals surface area (Å²) in [5.74, 6) is -0.1000. The lowest BCUT2D eigenvalue weighted by Gasteiger charge is -2.02. The summed E-state index contributed by atoms with van der Waals surface area (Å²) in [6.07, 6.45) is 2.48. The highest BCUT2D eigenvalue weighted by molar-refractivity contribution is 7.98. The highest BCUT2D eigenvalue weighted by Gasteiger charge is 2.08. The Hall–Kier alpha value is -0.220. The normalized spacial score (nSPS) is 13.1. The Morgan fingerprint density at radius 3 is 2.78 bits per heavy atom. The molecule has 0 aromatic rings. The second-order valence-electron chi connectivity index (χ2n) is 1.73. The first-order valence-electron chi connectivity index (χ1n) is 2.65. The Labute approximate surface area is 58.6 Å². The maximum absolute atomic E-state index is 10.1. The zero-order valence-electron chi connectivity index (χ0n) is 5.33. The van der Waals surface area contributed by atoms with Gasteiger partial charge in [-0.1, -0.05) is 0 Å². The predicted molar refractivity (Wildman–Crippen MR) is 38.6 cm³/mol. The van der Waals surface area contributed by atoms with Crippen molar-refractivity contribution in [2.24, 2.45) is 5.73 Å². The molecule has 1 atom stereocenters. The topological polar surface area (TPSA) is 63.3 Å². The van der Waals surface area contributed by atoms with Crippen LogP contribution in [0.3, 0.4) is 0 Å². The van der Waals surface area contributed by atoms with Gasteiger partial charge in [-0.3, -0.25) is 4.79 Å². The van der Waals surface area contributed by atoms with E-state index in [9.17, 15) is 4.79 Å². The van der Waals surface area contributed by atoms with Gasteiger partial charge in [0.25, 0.3) is 0 Å². The van der Waals surface area contributed by atoms with Crippen LogP contribution in [0.25, 0.3) is 0 Å². The number of rotatable bonds is 4. The second-order valence-corrected chi connectivity index (χ2v) is 2.71. The van der Waals surface area contributed by atoms with Crippen molar-refractivity contribution in [3.05, 3.63) is 0 Å². The predicted octanol–water partition coefficient (Wildman–Crippen LogP) is 0.151. The van der Waals surface area contributed by atoms with E-state index in [2.05, 4.69) is 0 Å². The minimum Gasteiger partial charge on any atom is -0.480 e. The first-order valence-corrected chi connectivity index (χ1v) is 4.05. The number of hydrogen-bond donors (Lipinski definition) is 2. The van der Waals surface area contributed by atoms with Crippen LogP contribution in [0.5, 0.6) is 0 Å². The number of carboxylic acid groups (broad SMARTS) is 1. The van der Waals surface area contributed by atoms with Crippen molar-refractivity contribution in [1.82, 2.24) is 0 Å². The molecule has 0 radical (unpaired) electrons. The van der Waals surface area contributed by atoms with Crippen LogP contribution in [0.2, 0.25) is 0 Å². The van der Waals surface area contributed by atoms with Crippen LogP contribution in [0, 0.1) is 0 Å². The minimum atomic E-state index is -0.913. The standard InChI is InChI=1S/C5H11NO2S/c1-9-3-2-4(6)5(7)8/h4H,2-3,6H2,1H3,(H,7,8)/t4-/m0/s1/i9+4. The molecule has 54 valence electrons. The first-order chi connectivity index (χ1) is 4.18. The Balaban J connectivity index is 3.27. The molecule has 0 amide bonds. The van der Waals surface area contributed by atoms with E-state index in [-0.39, 0.29) is 0 Å². The summed E-state index contributed by atoms with van der Waals surface area (Å²) in [5, 5.41) is 8.27. The molecule has 0 aliphatic rings. The van der Waals surface area contributed by atoms with Crippen LogP contribution >= 0.6 is 11.8 Å². The number of aliphatic carboxylic acids is 1.